The summed E-state index contributed by atoms with van der Waals surface area (Å²) in [6.45, 7) is 9.67. The molecule has 0 atom stereocenters. The number of nitrogens with one attached hydrogen (secondary N) is 1. The number of aromatic hydroxyl groups is 1. The van der Waals surface area contributed by atoms with Gasteiger partial charge in [0.1, 0.15) is 5.75 Å². The molecule has 0 spiro atoms. The zero-order valence-electron chi connectivity index (χ0n) is 15.4. The van der Waals surface area contributed by atoms with Crippen LogP contribution in [-0.2, 0) is 11.3 Å². The highest BCUT2D eigenvalue weighted by Gasteiger charge is 2.25. The van der Waals surface area contributed by atoms with Crippen LogP contribution in [0.3, 0.4) is 0 Å². The summed E-state index contributed by atoms with van der Waals surface area (Å²) in [5, 5.41) is 13.2. The van der Waals surface area contributed by atoms with Crippen LogP contribution in [0.4, 0.5) is 0 Å². The van der Waals surface area contributed by atoms with Gasteiger partial charge in [-0.3, -0.25) is 9.69 Å². The Morgan fingerprint density at radius 3 is 2.54 bits per heavy atom. The maximum Gasteiger partial charge on any atom is 0.223 e. The monoisotopic (exact) mass is 332 g/mol. The number of carbonyl (C=O) groups excluding carboxylic acids is 1. The van der Waals surface area contributed by atoms with E-state index >= 15 is 0 Å². The fourth-order valence-electron chi connectivity index (χ4n) is 3.31. The van der Waals surface area contributed by atoms with Gasteiger partial charge in [0, 0.05) is 24.6 Å². The number of piperidine rings is 1. The minimum atomic E-state index is 0.149. The Morgan fingerprint density at radius 2 is 1.88 bits per heavy atom. The standard InChI is InChI=1S/C20H32N2O2/c1-4-5-6-9-21-20(24)17-7-10-22(11-8-17)14-18-12-15(2)16(3)13-19(18)23/h12-13,17,23H,4-11,14H2,1-3H3,(H,21,24). The summed E-state index contributed by atoms with van der Waals surface area (Å²) in [4.78, 5) is 14.5. The highest BCUT2D eigenvalue weighted by Crippen LogP contribution is 2.25. The number of hydrogen-bond acceptors (Lipinski definition) is 3. The van der Waals surface area contributed by atoms with Crippen molar-refractivity contribution in [3.8, 4) is 5.75 Å². The Kier molecular flexibility index (Phi) is 7.10. The molecule has 0 saturated carbocycles. The first-order valence-corrected chi connectivity index (χ1v) is 9.30. The molecular formula is C20H32N2O2. The minimum absolute atomic E-state index is 0.149. The topological polar surface area (TPSA) is 52.6 Å². The van der Waals surface area contributed by atoms with Crippen molar-refractivity contribution in [1.82, 2.24) is 10.2 Å². The third-order valence-electron chi connectivity index (χ3n) is 5.13. The smallest absolute Gasteiger partial charge is 0.223 e. The predicted molar refractivity (Wildman–Crippen MR) is 98.1 cm³/mol. The molecule has 2 N–H and O–H groups in total. The Bertz CT molecular complexity index is 549. The predicted octanol–water partition coefficient (Wildman–Crippen LogP) is 3.53. The summed E-state index contributed by atoms with van der Waals surface area (Å²) < 4.78 is 0. The summed E-state index contributed by atoms with van der Waals surface area (Å²) in [6, 6.07) is 3.93. The van der Waals surface area contributed by atoms with E-state index in [9.17, 15) is 9.90 Å². The molecule has 1 aromatic carbocycles. The molecule has 2 rings (SSSR count). The van der Waals surface area contributed by atoms with Gasteiger partial charge in [0.25, 0.3) is 0 Å². The third kappa shape index (κ3) is 5.23. The van der Waals surface area contributed by atoms with Crippen LogP contribution in [0.15, 0.2) is 12.1 Å². The number of phenolic OH excluding ortho intramolecular Hbond substituents is 1. The number of hydrogen-bond donors (Lipinski definition) is 2. The lowest BCUT2D eigenvalue weighted by Crippen LogP contribution is -2.40. The number of rotatable bonds is 7. The van der Waals surface area contributed by atoms with Gasteiger partial charge < -0.3 is 10.4 Å². The fourth-order valence-corrected chi connectivity index (χ4v) is 3.31. The SMILES string of the molecule is CCCCCNC(=O)C1CCN(Cc2cc(C)c(C)cc2O)CC1. The number of likely N-dealkylation sites (tertiary alicyclic amines) is 1. The number of aryl methyl sites for hydroxylation is 2. The molecule has 0 bridgehead atoms. The minimum Gasteiger partial charge on any atom is -0.508 e. The van der Waals surface area contributed by atoms with Gasteiger partial charge in [0.05, 0.1) is 0 Å². The van der Waals surface area contributed by atoms with Crippen LogP contribution in [0.2, 0.25) is 0 Å². The zero-order valence-corrected chi connectivity index (χ0v) is 15.4. The van der Waals surface area contributed by atoms with Gasteiger partial charge in [-0.25, -0.2) is 0 Å². The fraction of sp³-hybridized carbons (Fsp3) is 0.650. The van der Waals surface area contributed by atoms with E-state index in [0.29, 0.717) is 5.75 Å². The highest BCUT2D eigenvalue weighted by molar-refractivity contribution is 5.78. The molecular weight excluding hydrogens is 300 g/mol. The van der Waals surface area contributed by atoms with Crippen molar-refractivity contribution in [2.24, 2.45) is 5.92 Å². The summed E-state index contributed by atoms with van der Waals surface area (Å²) in [6.07, 6.45) is 5.25. The summed E-state index contributed by atoms with van der Waals surface area (Å²) in [5.41, 5.74) is 3.32. The lowest BCUT2D eigenvalue weighted by molar-refractivity contribution is -0.126. The summed E-state index contributed by atoms with van der Waals surface area (Å²) in [7, 11) is 0. The van der Waals surface area contributed by atoms with Crippen molar-refractivity contribution < 1.29 is 9.90 Å². The maximum absolute atomic E-state index is 12.2. The van der Waals surface area contributed by atoms with Crippen molar-refractivity contribution in [1.29, 1.82) is 0 Å². The number of carbonyl (C=O) groups is 1. The van der Waals surface area contributed by atoms with Crippen LogP contribution >= 0.6 is 0 Å². The van der Waals surface area contributed by atoms with E-state index in [1.54, 1.807) is 0 Å². The highest BCUT2D eigenvalue weighted by atomic mass is 16.3. The molecule has 1 aliphatic rings. The Hall–Kier alpha value is -1.55. The van der Waals surface area contributed by atoms with Crippen molar-refractivity contribution >= 4 is 5.91 Å². The molecule has 134 valence electrons. The van der Waals surface area contributed by atoms with Crippen molar-refractivity contribution in [3.63, 3.8) is 0 Å². The van der Waals surface area contributed by atoms with E-state index in [4.69, 9.17) is 0 Å². The number of phenols is 1. The van der Waals surface area contributed by atoms with Gasteiger partial charge in [-0.1, -0.05) is 25.8 Å². The normalized spacial score (nSPS) is 16.3. The van der Waals surface area contributed by atoms with Gasteiger partial charge in [0.2, 0.25) is 5.91 Å². The van der Waals surface area contributed by atoms with E-state index in [1.807, 2.05) is 13.0 Å². The summed E-state index contributed by atoms with van der Waals surface area (Å²) >= 11 is 0. The number of amides is 1. The molecule has 4 nitrogen and oxygen atoms in total. The molecule has 1 saturated heterocycles. The molecule has 24 heavy (non-hydrogen) atoms. The van der Waals surface area contributed by atoms with Crippen LogP contribution in [0.1, 0.15) is 55.7 Å². The summed E-state index contributed by atoms with van der Waals surface area (Å²) in [5.74, 6) is 0.755. The van der Waals surface area contributed by atoms with Crippen LogP contribution in [0, 0.1) is 19.8 Å². The van der Waals surface area contributed by atoms with Crippen molar-refractivity contribution in [2.75, 3.05) is 19.6 Å². The molecule has 0 aromatic heterocycles. The van der Waals surface area contributed by atoms with Crippen molar-refractivity contribution in [3.05, 3.63) is 28.8 Å². The lowest BCUT2D eigenvalue weighted by atomic mass is 9.95. The van der Waals surface area contributed by atoms with Crippen LogP contribution in [-0.4, -0.2) is 35.5 Å². The van der Waals surface area contributed by atoms with E-state index in [-0.39, 0.29) is 11.8 Å². The second-order valence-electron chi connectivity index (χ2n) is 7.11. The van der Waals surface area contributed by atoms with Gasteiger partial charge in [-0.05, 0) is 63.4 Å². The quantitative estimate of drug-likeness (QED) is 0.751. The molecule has 4 heteroatoms. The van der Waals surface area contributed by atoms with Gasteiger partial charge >= 0.3 is 0 Å². The lowest BCUT2D eigenvalue weighted by Gasteiger charge is -2.31. The Labute approximate surface area is 146 Å². The van der Waals surface area contributed by atoms with E-state index in [2.05, 4.69) is 30.1 Å². The maximum atomic E-state index is 12.2. The number of nitrogens with zero attached hydrogens (tertiary/aromatic N) is 1. The van der Waals surface area contributed by atoms with Crippen LogP contribution < -0.4 is 5.32 Å². The molecule has 1 heterocycles. The van der Waals surface area contributed by atoms with Gasteiger partial charge in [0.15, 0.2) is 0 Å². The van der Waals surface area contributed by atoms with E-state index in [0.717, 1.165) is 56.6 Å². The first-order valence-electron chi connectivity index (χ1n) is 9.30. The van der Waals surface area contributed by atoms with Crippen LogP contribution in [0.5, 0.6) is 5.75 Å². The average Bonchev–Trinajstić information content (AvgIpc) is 2.57. The van der Waals surface area contributed by atoms with E-state index < -0.39 is 0 Å². The molecule has 0 unspecified atom stereocenters. The zero-order chi connectivity index (χ0) is 17.5. The van der Waals surface area contributed by atoms with Crippen LogP contribution in [0.25, 0.3) is 0 Å². The molecule has 1 aromatic rings. The largest absolute Gasteiger partial charge is 0.508 e. The molecule has 0 radical (unpaired) electrons. The number of unbranched alkanes of at least 4 members (excludes halogenated alkanes) is 2. The van der Waals surface area contributed by atoms with Crippen molar-refractivity contribution in [2.45, 2.75) is 59.4 Å². The second-order valence-corrected chi connectivity index (χ2v) is 7.11. The second kappa shape index (κ2) is 9.07. The van der Waals surface area contributed by atoms with E-state index in [1.165, 1.54) is 18.4 Å². The Morgan fingerprint density at radius 1 is 1.21 bits per heavy atom. The number of benzene rings is 1. The Balaban J connectivity index is 1.78. The average molecular weight is 332 g/mol. The molecule has 0 aliphatic carbocycles. The third-order valence-corrected chi connectivity index (χ3v) is 5.13. The molecule has 1 aliphatic heterocycles. The first kappa shape index (κ1) is 18.8. The van der Waals surface area contributed by atoms with Gasteiger partial charge in [-0.15, -0.1) is 0 Å². The van der Waals surface area contributed by atoms with Gasteiger partial charge in [-0.2, -0.15) is 0 Å². The first-order chi connectivity index (χ1) is 11.5. The molecule has 1 fully saturated rings. The molecule has 1 amide bonds.